The van der Waals surface area contributed by atoms with Crippen LogP contribution in [0.3, 0.4) is 0 Å². The van der Waals surface area contributed by atoms with E-state index in [0.717, 1.165) is 5.56 Å². The van der Waals surface area contributed by atoms with E-state index < -0.39 is 5.91 Å². The second-order valence-corrected chi connectivity index (χ2v) is 4.91. The average Bonchev–Trinajstić information content (AvgIpc) is 2.51. The molecular formula is C16H13N3O3. The lowest BCUT2D eigenvalue weighted by molar-refractivity contribution is 0.100. The van der Waals surface area contributed by atoms with Gasteiger partial charge in [0.25, 0.3) is 5.56 Å². The molecule has 1 amide bonds. The van der Waals surface area contributed by atoms with Crippen LogP contribution in [-0.4, -0.2) is 20.6 Å². The van der Waals surface area contributed by atoms with Crippen molar-refractivity contribution in [2.24, 2.45) is 5.73 Å². The summed E-state index contributed by atoms with van der Waals surface area (Å²) < 4.78 is 1.45. The molecule has 22 heavy (non-hydrogen) atoms. The number of rotatable bonds is 3. The fourth-order valence-electron chi connectivity index (χ4n) is 2.26. The highest BCUT2D eigenvalue weighted by molar-refractivity contribution is 5.92. The van der Waals surface area contributed by atoms with Gasteiger partial charge in [-0.05, 0) is 29.8 Å². The van der Waals surface area contributed by atoms with Gasteiger partial charge in [0.15, 0.2) is 0 Å². The van der Waals surface area contributed by atoms with Crippen LogP contribution in [-0.2, 0) is 6.54 Å². The van der Waals surface area contributed by atoms with Crippen LogP contribution in [0.25, 0.3) is 10.9 Å². The summed E-state index contributed by atoms with van der Waals surface area (Å²) in [5.41, 5.74) is 6.49. The smallest absolute Gasteiger partial charge is 0.261 e. The summed E-state index contributed by atoms with van der Waals surface area (Å²) in [5, 5.41) is 10.1. The standard InChI is InChI=1S/C16H13N3O3/c17-15(21)11-6-4-10(5-7-11)8-19-9-18-14-12(16(19)22)2-1-3-13(14)20/h1-7,9,20H,8H2,(H2,17,21). The molecule has 0 aliphatic carbocycles. The van der Waals surface area contributed by atoms with Crippen LogP contribution in [0.15, 0.2) is 53.6 Å². The third-order valence-corrected chi connectivity index (χ3v) is 3.42. The first-order valence-electron chi connectivity index (χ1n) is 6.62. The summed E-state index contributed by atoms with van der Waals surface area (Å²) in [6, 6.07) is 11.4. The first-order chi connectivity index (χ1) is 10.6. The van der Waals surface area contributed by atoms with Crippen LogP contribution >= 0.6 is 0 Å². The van der Waals surface area contributed by atoms with Gasteiger partial charge in [0.2, 0.25) is 5.91 Å². The Balaban J connectivity index is 1.99. The molecule has 2 aromatic carbocycles. The number of amides is 1. The molecule has 1 aromatic heterocycles. The van der Waals surface area contributed by atoms with Crippen molar-refractivity contribution in [2.45, 2.75) is 6.54 Å². The molecule has 3 N–H and O–H groups in total. The fourth-order valence-corrected chi connectivity index (χ4v) is 2.26. The number of phenolic OH excluding ortho intramolecular Hbond substituents is 1. The highest BCUT2D eigenvalue weighted by atomic mass is 16.3. The topological polar surface area (TPSA) is 98.2 Å². The zero-order valence-electron chi connectivity index (χ0n) is 11.6. The van der Waals surface area contributed by atoms with E-state index >= 15 is 0 Å². The van der Waals surface area contributed by atoms with Gasteiger partial charge in [-0.2, -0.15) is 0 Å². The molecule has 0 spiro atoms. The molecule has 0 aliphatic heterocycles. The number of phenols is 1. The van der Waals surface area contributed by atoms with Crippen LogP contribution in [0.4, 0.5) is 0 Å². The van der Waals surface area contributed by atoms with Crippen LogP contribution in [0.2, 0.25) is 0 Å². The van der Waals surface area contributed by atoms with E-state index in [9.17, 15) is 14.7 Å². The fraction of sp³-hybridized carbons (Fsp3) is 0.0625. The van der Waals surface area contributed by atoms with Crippen molar-refractivity contribution in [1.82, 2.24) is 9.55 Å². The van der Waals surface area contributed by atoms with Crippen molar-refractivity contribution < 1.29 is 9.90 Å². The number of nitrogens with zero attached hydrogens (tertiary/aromatic N) is 2. The normalized spacial score (nSPS) is 10.7. The maximum Gasteiger partial charge on any atom is 0.261 e. The average molecular weight is 295 g/mol. The summed E-state index contributed by atoms with van der Waals surface area (Å²) >= 11 is 0. The molecule has 0 saturated carbocycles. The van der Waals surface area contributed by atoms with Gasteiger partial charge >= 0.3 is 0 Å². The number of fused-ring (bicyclic) bond motifs is 1. The minimum atomic E-state index is -0.494. The van der Waals surface area contributed by atoms with Crippen LogP contribution < -0.4 is 11.3 Å². The molecule has 0 saturated heterocycles. The zero-order chi connectivity index (χ0) is 15.7. The first-order valence-corrected chi connectivity index (χ1v) is 6.62. The Morgan fingerprint density at radius 1 is 1.18 bits per heavy atom. The van der Waals surface area contributed by atoms with E-state index in [2.05, 4.69) is 4.98 Å². The molecule has 0 atom stereocenters. The lowest BCUT2D eigenvalue weighted by atomic mass is 10.1. The second kappa shape index (κ2) is 5.33. The third-order valence-electron chi connectivity index (χ3n) is 3.42. The quantitative estimate of drug-likeness (QED) is 0.759. The van der Waals surface area contributed by atoms with E-state index in [1.165, 1.54) is 17.0 Å². The summed E-state index contributed by atoms with van der Waals surface area (Å²) in [7, 11) is 0. The number of primary amides is 1. The molecule has 6 heteroatoms. The van der Waals surface area contributed by atoms with Crippen molar-refractivity contribution >= 4 is 16.8 Å². The molecule has 0 aliphatic rings. The van der Waals surface area contributed by atoms with E-state index in [0.29, 0.717) is 17.5 Å². The van der Waals surface area contributed by atoms with Gasteiger partial charge in [0.05, 0.1) is 18.3 Å². The molecule has 6 nitrogen and oxygen atoms in total. The van der Waals surface area contributed by atoms with Crippen molar-refractivity contribution in [3.8, 4) is 5.75 Å². The minimum Gasteiger partial charge on any atom is -0.506 e. The highest BCUT2D eigenvalue weighted by Crippen LogP contribution is 2.18. The summed E-state index contributed by atoms with van der Waals surface area (Å²) in [5.74, 6) is -0.515. The molecule has 0 bridgehead atoms. The van der Waals surface area contributed by atoms with Gasteiger partial charge in [0.1, 0.15) is 11.3 Å². The molecular weight excluding hydrogens is 282 g/mol. The largest absolute Gasteiger partial charge is 0.506 e. The number of carbonyl (C=O) groups is 1. The predicted molar refractivity (Wildman–Crippen MR) is 81.7 cm³/mol. The summed E-state index contributed by atoms with van der Waals surface area (Å²) in [4.78, 5) is 27.6. The third kappa shape index (κ3) is 2.42. The maximum atomic E-state index is 12.4. The van der Waals surface area contributed by atoms with Gasteiger partial charge in [-0.3, -0.25) is 14.2 Å². The van der Waals surface area contributed by atoms with Crippen LogP contribution in [0.5, 0.6) is 5.75 Å². The van der Waals surface area contributed by atoms with Gasteiger partial charge in [-0.25, -0.2) is 4.98 Å². The lowest BCUT2D eigenvalue weighted by Crippen LogP contribution is -2.21. The Bertz CT molecular complexity index is 914. The van der Waals surface area contributed by atoms with E-state index in [4.69, 9.17) is 5.73 Å². The molecule has 110 valence electrons. The number of aromatic nitrogens is 2. The Labute approximate surface area is 125 Å². The number of benzene rings is 2. The number of aromatic hydroxyl groups is 1. The molecule has 0 unspecified atom stereocenters. The Kier molecular flexibility index (Phi) is 3.34. The molecule has 0 fully saturated rings. The minimum absolute atomic E-state index is 0.0208. The Hall–Kier alpha value is -3.15. The van der Waals surface area contributed by atoms with Gasteiger partial charge < -0.3 is 10.8 Å². The van der Waals surface area contributed by atoms with Crippen molar-refractivity contribution in [3.63, 3.8) is 0 Å². The Morgan fingerprint density at radius 3 is 2.59 bits per heavy atom. The van der Waals surface area contributed by atoms with E-state index in [-0.39, 0.29) is 16.8 Å². The lowest BCUT2D eigenvalue weighted by Gasteiger charge is -2.08. The van der Waals surface area contributed by atoms with E-state index in [1.807, 2.05) is 0 Å². The van der Waals surface area contributed by atoms with Crippen molar-refractivity contribution in [1.29, 1.82) is 0 Å². The SMILES string of the molecule is NC(=O)c1ccc(Cn2cnc3c(O)cccc3c2=O)cc1. The van der Waals surface area contributed by atoms with Crippen LogP contribution in [0, 0.1) is 0 Å². The molecule has 0 radical (unpaired) electrons. The number of hydrogen-bond acceptors (Lipinski definition) is 4. The maximum absolute atomic E-state index is 12.4. The van der Waals surface area contributed by atoms with E-state index in [1.54, 1.807) is 36.4 Å². The Morgan fingerprint density at radius 2 is 1.91 bits per heavy atom. The van der Waals surface area contributed by atoms with Crippen LogP contribution in [0.1, 0.15) is 15.9 Å². The van der Waals surface area contributed by atoms with Gasteiger partial charge in [0, 0.05) is 5.56 Å². The van der Waals surface area contributed by atoms with Crippen molar-refractivity contribution in [3.05, 3.63) is 70.3 Å². The highest BCUT2D eigenvalue weighted by Gasteiger charge is 2.08. The van der Waals surface area contributed by atoms with Gasteiger partial charge in [-0.1, -0.05) is 18.2 Å². The molecule has 3 aromatic rings. The monoisotopic (exact) mass is 295 g/mol. The predicted octanol–water partition coefficient (Wildman–Crippen LogP) is 1.25. The summed E-state index contributed by atoms with van der Waals surface area (Å²) in [6.07, 6.45) is 1.40. The molecule has 1 heterocycles. The summed E-state index contributed by atoms with van der Waals surface area (Å²) in [6.45, 7) is 0.316. The number of nitrogens with two attached hydrogens (primary N) is 1. The molecule has 3 rings (SSSR count). The number of carbonyl (C=O) groups excluding carboxylic acids is 1. The zero-order valence-corrected chi connectivity index (χ0v) is 11.6. The second-order valence-electron chi connectivity index (χ2n) is 4.91. The first kappa shape index (κ1) is 13.8. The van der Waals surface area contributed by atoms with Crippen molar-refractivity contribution in [2.75, 3.05) is 0 Å². The number of hydrogen-bond donors (Lipinski definition) is 2. The van der Waals surface area contributed by atoms with Gasteiger partial charge in [-0.15, -0.1) is 0 Å². The number of para-hydroxylation sites is 1.